The Hall–Kier alpha value is -1.32. The zero-order valence-electron chi connectivity index (χ0n) is 14.6. The van der Waals surface area contributed by atoms with E-state index in [1.54, 1.807) is 0 Å². The lowest BCUT2D eigenvalue weighted by molar-refractivity contribution is -0.143. The Kier molecular flexibility index (Phi) is 10.4. The van der Waals surface area contributed by atoms with Gasteiger partial charge in [-0.25, -0.2) is 4.79 Å². The molecule has 132 valence electrons. The summed E-state index contributed by atoms with van der Waals surface area (Å²) in [6, 6.07) is 0. The standard InChI is InChI=1S/C19H32O4/c1-3-4-5-6-7-8-9-10-11-12-13-14-17-18(22-15-20)16(2)19(21)23-17/h15,17-18H,2-14H2,1H3/t17-,18+/m1/s1. The number of hydrogen-bond acceptors (Lipinski definition) is 4. The Morgan fingerprint density at radius 1 is 1.00 bits per heavy atom. The summed E-state index contributed by atoms with van der Waals surface area (Å²) < 4.78 is 10.1. The molecule has 2 atom stereocenters. The summed E-state index contributed by atoms with van der Waals surface area (Å²) in [6.45, 7) is 6.24. The van der Waals surface area contributed by atoms with E-state index in [-0.39, 0.29) is 11.7 Å². The van der Waals surface area contributed by atoms with Crippen molar-refractivity contribution in [1.82, 2.24) is 0 Å². The van der Waals surface area contributed by atoms with Gasteiger partial charge in [0.15, 0.2) is 6.10 Å². The maximum Gasteiger partial charge on any atom is 0.337 e. The third kappa shape index (κ3) is 7.67. The van der Waals surface area contributed by atoms with Crippen molar-refractivity contribution in [3.8, 4) is 0 Å². The van der Waals surface area contributed by atoms with Crippen LogP contribution in [0.25, 0.3) is 0 Å². The summed E-state index contributed by atoms with van der Waals surface area (Å²) in [5.74, 6) is -0.440. The van der Waals surface area contributed by atoms with Gasteiger partial charge in [-0.1, -0.05) is 77.7 Å². The van der Waals surface area contributed by atoms with Gasteiger partial charge in [0.25, 0.3) is 6.47 Å². The van der Waals surface area contributed by atoms with E-state index in [1.165, 1.54) is 57.8 Å². The van der Waals surface area contributed by atoms with E-state index < -0.39 is 12.1 Å². The first-order valence-electron chi connectivity index (χ1n) is 9.19. The molecule has 0 aromatic carbocycles. The normalized spacial score (nSPS) is 20.6. The van der Waals surface area contributed by atoms with Crippen LogP contribution >= 0.6 is 0 Å². The minimum atomic E-state index is -0.594. The van der Waals surface area contributed by atoms with E-state index in [0.717, 1.165) is 19.3 Å². The van der Waals surface area contributed by atoms with Crippen molar-refractivity contribution in [2.75, 3.05) is 0 Å². The summed E-state index contributed by atoms with van der Waals surface area (Å²) >= 11 is 0. The first-order valence-corrected chi connectivity index (χ1v) is 9.19. The fourth-order valence-corrected chi connectivity index (χ4v) is 3.07. The summed E-state index contributed by atoms with van der Waals surface area (Å²) in [6.07, 6.45) is 13.9. The van der Waals surface area contributed by atoms with Crippen LogP contribution in [0.1, 0.15) is 84.0 Å². The van der Waals surface area contributed by atoms with Crippen LogP contribution in [0.4, 0.5) is 0 Å². The Morgan fingerprint density at radius 2 is 1.52 bits per heavy atom. The molecule has 0 radical (unpaired) electrons. The van der Waals surface area contributed by atoms with Crippen molar-refractivity contribution in [3.63, 3.8) is 0 Å². The van der Waals surface area contributed by atoms with Crippen LogP contribution in [-0.4, -0.2) is 24.6 Å². The molecule has 1 saturated heterocycles. The van der Waals surface area contributed by atoms with E-state index >= 15 is 0 Å². The largest absolute Gasteiger partial charge is 0.455 e. The maximum absolute atomic E-state index is 11.5. The number of rotatable bonds is 14. The van der Waals surface area contributed by atoms with Crippen molar-refractivity contribution in [1.29, 1.82) is 0 Å². The van der Waals surface area contributed by atoms with Gasteiger partial charge < -0.3 is 9.47 Å². The van der Waals surface area contributed by atoms with Gasteiger partial charge in [0.1, 0.15) is 6.10 Å². The van der Waals surface area contributed by atoms with Gasteiger partial charge in [0.2, 0.25) is 0 Å². The van der Waals surface area contributed by atoms with Crippen LogP contribution in [0.3, 0.4) is 0 Å². The van der Waals surface area contributed by atoms with Gasteiger partial charge in [-0.2, -0.15) is 0 Å². The Bertz CT molecular complexity index is 364. The molecular formula is C19H32O4. The van der Waals surface area contributed by atoms with E-state index in [0.29, 0.717) is 6.47 Å². The smallest absolute Gasteiger partial charge is 0.337 e. The van der Waals surface area contributed by atoms with E-state index in [4.69, 9.17) is 9.47 Å². The zero-order chi connectivity index (χ0) is 16.9. The molecule has 1 rings (SSSR count). The first-order chi connectivity index (χ1) is 11.2. The average molecular weight is 324 g/mol. The highest BCUT2D eigenvalue weighted by Crippen LogP contribution is 2.26. The second-order valence-electron chi connectivity index (χ2n) is 6.45. The van der Waals surface area contributed by atoms with Gasteiger partial charge in [0, 0.05) is 0 Å². The van der Waals surface area contributed by atoms with Gasteiger partial charge in [-0.05, 0) is 12.8 Å². The van der Waals surface area contributed by atoms with E-state index in [1.807, 2.05) is 0 Å². The summed E-state index contributed by atoms with van der Waals surface area (Å²) in [5.41, 5.74) is 0.255. The molecule has 0 bridgehead atoms. The number of unbranched alkanes of at least 4 members (excludes halogenated alkanes) is 10. The third-order valence-corrected chi connectivity index (χ3v) is 4.50. The first kappa shape index (κ1) is 19.7. The average Bonchev–Trinajstić information content (AvgIpc) is 2.81. The van der Waals surface area contributed by atoms with Crippen molar-refractivity contribution >= 4 is 12.4 Å². The molecule has 0 unspecified atom stereocenters. The molecule has 0 aromatic heterocycles. The molecule has 0 saturated carbocycles. The molecule has 4 heteroatoms. The minimum absolute atomic E-state index is 0.255. The molecule has 0 N–H and O–H groups in total. The molecule has 0 aromatic rings. The van der Waals surface area contributed by atoms with Crippen LogP contribution in [0, 0.1) is 0 Å². The van der Waals surface area contributed by atoms with Crippen LogP contribution in [0.15, 0.2) is 12.2 Å². The Morgan fingerprint density at radius 3 is 2.04 bits per heavy atom. The second-order valence-corrected chi connectivity index (χ2v) is 6.45. The molecule has 1 heterocycles. The maximum atomic E-state index is 11.5. The van der Waals surface area contributed by atoms with E-state index in [2.05, 4.69) is 13.5 Å². The Balaban J connectivity index is 1.99. The lowest BCUT2D eigenvalue weighted by Crippen LogP contribution is -2.25. The molecule has 0 amide bonds. The van der Waals surface area contributed by atoms with Crippen LogP contribution in [0.2, 0.25) is 0 Å². The third-order valence-electron chi connectivity index (χ3n) is 4.50. The number of carbonyl (C=O) groups excluding carboxylic acids is 2. The van der Waals surface area contributed by atoms with Crippen LogP contribution < -0.4 is 0 Å². The number of hydrogen-bond donors (Lipinski definition) is 0. The minimum Gasteiger partial charge on any atom is -0.455 e. The zero-order valence-corrected chi connectivity index (χ0v) is 14.6. The number of esters is 1. The van der Waals surface area contributed by atoms with Gasteiger partial charge in [-0.3, -0.25) is 4.79 Å². The molecule has 1 fully saturated rings. The molecule has 4 nitrogen and oxygen atoms in total. The van der Waals surface area contributed by atoms with Gasteiger partial charge in [-0.15, -0.1) is 0 Å². The predicted octanol–water partition coefficient (Wildman–Crippen LogP) is 4.71. The molecular weight excluding hydrogens is 292 g/mol. The number of carbonyl (C=O) groups is 2. The quantitative estimate of drug-likeness (QED) is 0.201. The highest BCUT2D eigenvalue weighted by molar-refractivity contribution is 5.91. The van der Waals surface area contributed by atoms with Crippen molar-refractivity contribution in [3.05, 3.63) is 12.2 Å². The highest BCUT2D eigenvalue weighted by Gasteiger charge is 2.39. The molecule has 1 aliphatic rings. The van der Waals surface area contributed by atoms with Crippen molar-refractivity contribution < 1.29 is 19.1 Å². The van der Waals surface area contributed by atoms with Crippen LogP contribution in [-0.2, 0) is 19.1 Å². The summed E-state index contributed by atoms with van der Waals surface area (Å²) in [5, 5.41) is 0. The number of ether oxygens (including phenoxy) is 2. The molecule has 0 aliphatic carbocycles. The monoisotopic (exact) mass is 324 g/mol. The lowest BCUT2D eigenvalue weighted by atomic mass is 10.0. The Labute approximate surface area is 140 Å². The van der Waals surface area contributed by atoms with Crippen molar-refractivity contribution in [2.45, 2.75) is 96.2 Å². The topological polar surface area (TPSA) is 52.6 Å². The molecule has 1 aliphatic heterocycles. The summed E-state index contributed by atoms with van der Waals surface area (Å²) in [4.78, 5) is 21.9. The molecule has 0 spiro atoms. The lowest BCUT2D eigenvalue weighted by Gasteiger charge is -2.15. The van der Waals surface area contributed by atoms with Gasteiger partial charge in [0.05, 0.1) is 5.57 Å². The predicted molar refractivity (Wildman–Crippen MR) is 91.0 cm³/mol. The SMILES string of the molecule is C=C1C(=O)O[C@H](CCCCCCCCCCCCC)[C@H]1OC=O. The fourth-order valence-electron chi connectivity index (χ4n) is 3.07. The highest BCUT2D eigenvalue weighted by atomic mass is 16.6. The second kappa shape index (κ2) is 12.1. The van der Waals surface area contributed by atoms with Crippen molar-refractivity contribution in [2.24, 2.45) is 0 Å². The molecule has 23 heavy (non-hydrogen) atoms. The summed E-state index contributed by atoms with van der Waals surface area (Å²) in [7, 11) is 0. The number of cyclic esters (lactones) is 1. The van der Waals surface area contributed by atoms with E-state index in [9.17, 15) is 9.59 Å². The van der Waals surface area contributed by atoms with Gasteiger partial charge >= 0.3 is 5.97 Å². The van der Waals surface area contributed by atoms with Crippen LogP contribution in [0.5, 0.6) is 0 Å². The fraction of sp³-hybridized carbons (Fsp3) is 0.789.